The first kappa shape index (κ1) is 13.4. The fourth-order valence-electron chi connectivity index (χ4n) is 3.75. The molecule has 2 N–H and O–H groups in total. The lowest BCUT2D eigenvalue weighted by molar-refractivity contribution is 0.0738. The van der Waals surface area contributed by atoms with Crippen LogP contribution in [0.4, 0.5) is 0 Å². The molecule has 0 saturated carbocycles. The van der Waals surface area contributed by atoms with Crippen molar-refractivity contribution in [2.45, 2.75) is 44.7 Å². The molecular formula is C16H23ClN2. The fraction of sp³-hybridized carbons (Fsp3) is 0.625. The second kappa shape index (κ2) is 5.43. The molecule has 1 saturated heterocycles. The standard InChI is InChI=1S/C16H23ClN2/c1-11-2-3-12(9-18)10-19(11)16-7-4-13-8-14(17)5-6-15(13)16/h5-6,8,11-12,16H,2-4,7,9-10,18H2,1H3. The number of nitrogens with two attached hydrogens (primary N) is 1. The van der Waals surface area contributed by atoms with Crippen LogP contribution in [0.3, 0.4) is 0 Å². The number of benzene rings is 1. The number of halogens is 1. The van der Waals surface area contributed by atoms with Crippen molar-refractivity contribution in [3.8, 4) is 0 Å². The van der Waals surface area contributed by atoms with Gasteiger partial charge in [-0.3, -0.25) is 4.90 Å². The summed E-state index contributed by atoms with van der Waals surface area (Å²) in [6.45, 7) is 4.34. The van der Waals surface area contributed by atoms with Gasteiger partial charge in [0.15, 0.2) is 0 Å². The zero-order chi connectivity index (χ0) is 13.4. The maximum Gasteiger partial charge on any atom is 0.0408 e. The summed E-state index contributed by atoms with van der Waals surface area (Å²) in [7, 11) is 0. The van der Waals surface area contributed by atoms with Gasteiger partial charge < -0.3 is 5.73 Å². The van der Waals surface area contributed by atoms with Crippen LogP contribution < -0.4 is 5.73 Å². The van der Waals surface area contributed by atoms with Crippen molar-refractivity contribution in [1.29, 1.82) is 0 Å². The van der Waals surface area contributed by atoms with E-state index in [1.165, 1.54) is 30.4 Å². The number of piperidine rings is 1. The molecule has 3 heteroatoms. The Kier molecular flexibility index (Phi) is 3.84. The Morgan fingerprint density at radius 1 is 1.32 bits per heavy atom. The second-order valence-corrected chi connectivity index (χ2v) is 6.56. The first-order valence-electron chi connectivity index (χ1n) is 7.43. The average molecular weight is 279 g/mol. The van der Waals surface area contributed by atoms with Crippen LogP contribution in [0.1, 0.15) is 43.4 Å². The minimum Gasteiger partial charge on any atom is -0.330 e. The van der Waals surface area contributed by atoms with Gasteiger partial charge in [-0.1, -0.05) is 17.7 Å². The molecule has 2 nitrogen and oxygen atoms in total. The van der Waals surface area contributed by atoms with Crippen LogP contribution in [0.2, 0.25) is 5.02 Å². The number of hydrogen-bond donors (Lipinski definition) is 1. The second-order valence-electron chi connectivity index (χ2n) is 6.12. The van der Waals surface area contributed by atoms with Gasteiger partial charge in [-0.25, -0.2) is 0 Å². The maximum atomic E-state index is 6.10. The van der Waals surface area contributed by atoms with E-state index in [9.17, 15) is 0 Å². The smallest absolute Gasteiger partial charge is 0.0408 e. The molecule has 0 amide bonds. The minimum absolute atomic E-state index is 0.580. The molecule has 0 bridgehead atoms. The fourth-order valence-corrected chi connectivity index (χ4v) is 3.94. The molecule has 1 fully saturated rings. The highest BCUT2D eigenvalue weighted by Crippen LogP contribution is 2.40. The van der Waals surface area contributed by atoms with Gasteiger partial charge in [-0.2, -0.15) is 0 Å². The highest BCUT2D eigenvalue weighted by atomic mass is 35.5. The molecule has 3 rings (SSSR count). The molecule has 0 aromatic heterocycles. The average Bonchev–Trinajstić information content (AvgIpc) is 2.82. The van der Waals surface area contributed by atoms with E-state index in [1.54, 1.807) is 0 Å². The van der Waals surface area contributed by atoms with E-state index in [4.69, 9.17) is 17.3 Å². The van der Waals surface area contributed by atoms with Crippen molar-refractivity contribution < 1.29 is 0 Å². The molecule has 2 aliphatic rings. The zero-order valence-corrected chi connectivity index (χ0v) is 12.4. The molecule has 3 atom stereocenters. The topological polar surface area (TPSA) is 29.3 Å². The highest BCUT2D eigenvalue weighted by Gasteiger charge is 2.34. The van der Waals surface area contributed by atoms with Gasteiger partial charge in [0.1, 0.15) is 0 Å². The van der Waals surface area contributed by atoms with Gasteiger partial charge in [-0.05, 0) is 68.3 Å². The number of fused-ring (bicyclic) bond motifs is 1. The van der Waals surface area contributed by atoms with E-state index >= 15 is 0 Å². The van der Waals surface area contributed by atoms with Gasteiger partial charge in [0.25, 0.3) is 0 Å². The summed E-state index contributed by atoms with van der Waals surface area (Å²) in [5.74, 6) is 0.674. The van der Waals surface area contributed by atoms with E-state index in [1.807, 2.05) is 6.07 Å². The third kappa shape index (κ3) is 2.54. The van der Waals surface area contributed by atoms with Crippen molar-refractivity contribution in [2.75, 3.05) is 13.1 Å². The van der Waals surface area contributed by atoms with Gasteiger partial charge >= 0.3 is 0 Å². The monoisotopic (exact) mass is 278 g/mol. The minimum atomic E-state index is 0.580. The summed E-state index contributed by atoms with van der Waals surface area (Å²) in [6.07, 6.45) is 4.96. The van der Waals surface area contributed by atoms with Gasteiger partial charge in [0.2, 0.25) is 0 Å². The SMILES string of the molecule is CC1CCC(CN)CN1C1CCc2cc(Cl)ccc21. The largest absolute Gasteiger partial charge is 0.330 e. The molecular weight excluding hydrogens is 256 g/mol. The molecule has 1 aromatic rings. The van der Waals surface area contributed by atoms with Crippen molar-refractivity contribution in [1.82, 2.24) is 4.90 Å². The van der Waals surface area contributed by atoms with E-state index in [0.717, 1.165) is 24.5 Å². The lowest BCUT2D eigenvalue weighted by atomic mass is 9.91. The molecule has 1 aromatic carbocycles. The lowest BCUT2D eigenvalue weighted by Gasteiger charge is -2.41. The van der Waals surface area contributed by atoms with Gasteiger partial charge in [-0.15, -0.1) is 0 Å². The number of rotatable bonds is 2. The van der Waals surface area contributed by atoms with E-state index in [-0.39, 0.29) is 0 Å². The summed E-state index contributed by atoms with van der Waals surface area (Å²) in [6, 6.07) is 7.67. The van der Waals surface area contributed by atoms with Crippen LogP contribution in [0, 0.1) is 5.92 Å². The van der Waals surface area contributed by atoms with Crippen LogP contribution >= 0.6 is 11.6 Å². The number of likely N-dealkylation sites (tertiary alicyclic amines) is 1. The van der Waals surface area contributed by atoms with Crippen molar-refractivity contribution in [2.24, 2.45) is 11.7 Å². The first-order chi connectivity index (χ1) is 9.19. The van der Waals surface area contributed by atoms with Crippen LogP contribution in [0.15, 0.2) is 18.2 Å². The predicted octanol–water partition coefficient (Wildman–Crippen LogP) is 3.39. The summed E-state index contributed by atoms with van der Waals surface area (Å²) in [5.41, 5.74) is 8.82. The van der Waals surface area contributed by atoms with Crippen LogP contribution in [0.5, 0.6) is 0 Å². The van der Waals surface area contributed by atoms with E-state index < -0.39 is 0 Å². The van der Waals surface area contributed by atoms with Crippen molar-refractivity contribution in [3.05, 3.63) is 34.3 Å². The van der Waals surface area contributed by atoms with Crippen molar-refractivity contribution >= 4 is 11.6 Å². The summed E-state index contributed by atoms with van der Waals surface area (Å²) in [5, 5.41) is 0.867. The Labute approximate surface area is 120 Å². The third-order valence-electron chi connectivity index (χ3n) is 4.91. The Morgan fingerprint density at radius 2 is 2.16 bits per heavy atom. The molecule has 1 aliphatic heterocycles. The predicted molar refractivity (Wildman–Crippen MR) is 80.5 cm³/mol. The van der Waals surface area contributed by atoms with E-state index in [0.29, 0.717) is 18.0 Å². The normalized spacial score (nSPS) is 31.4. The number of nitrogens with zero attached hydrogens (tertiary/aromatic N) is 1. The summed E-state index contributed by atoms with van der Waals surface area (Å²) in [4.78, 5) is 2.68. The van der Waals surface area contributed by atoms with Crippen LogP contribution in [0.25, 0.3) is 0 Å². The van der Waals surface area contributed by atoms with Crippen LogP contribution in [-0.4, -0.2) is 24.0 Å². The molecule has 0 spiro atoms. The highest BCUT2D eigenvalue weighted by molar-refractivity contribution is 6.30. The molecule has 104 valence electrons. The maximum absolute atomic E-state index is 6.10. The van der Waals surface area contributed by atoms with Crippen molar-refractivity contribution in [3.63, 3.8) is 0 Å². The molecule has 1 aliphatic carbocycles. The lowest BCUT2D eigenvalue weighted by Crippen LogP contribution is -2.45. The first-order valence-corrected chi connectivity index (χ1v) is 7.81. The number of hydrogen-bond acceptors (Lipinski definition) is 2. The Hall–Kier alpha value is -0.570. The molecule has 19 heavy (non-hydrogen) atoms. The Bertz CT molecular complexity index is 460. The number of aryl methyl sites for hydroxylation is 1. The van der Waals surface area contributed by atoms with Crippen LogP contribution in [-0.2, 0) is 6.42 Å². The zero-order valence-electron chi connectivity index (χ0n) is 11.6. The third-order valence-corrected chi connectivity index (χ3v) is 5.15. The molecule has 0 radical (unpaired) electrons. The molecule has 3 unspecified atom stereocenters. The Morgan fingerprint density at radius 3 is 2.95 bits per heavy atom. The van der Waals surface area contributed by atoms with Gasteiger partial charge in [0, 0.05) is 23.7 Å². The van der Waals surface area contributed by atoms with E-state index in [2.05, 4.69) is 24.0 Å². The Balaban J connectivity index is 1.83. The summed E-state index contributed by atoms with van der Waals surface area (Å²) >= 11 is 6.10. The summed E-state index contributed by atoms with van der Waals surface area (Å²) < 4.78 is 0. The van der Waals surface area contributed by atoms with Gasteiger partial charge in [0.05, 0.1) is 0 Å². The quantitative estimate of drug-likeness (QED) is 0.899. The molecule has 1 heterocycles.